The van der Waals surface area contributed by atoms with Crippen LogP contribution in [0.3, 0.4) is 0 Å². The molecule has 10 nitrogen and oxygen atoms in total. The SMILES string of the molecule is C=CC(=O)N1CCN(C(=O)[C@H]2CCN(c3ccc(-n4c(-c5cccnc5N)nc5ccc(C6CC6)nc54)cc3F)C2)CC1. The standard InChI is InChI=1S/C32H33FN8O2/c1-2-28(42)38-14-16-39(17-15-38)32(43)21-11-13-40(19-21)27-10-7-22(18-24(27)33)41-30(23-4-3-12-35-29(23)34)37-26-9-8-25(20-5-6-20)36-31(26)41/h2-4,7-10,12,18,20-21H,1,5-6,11,13-17,19H2,(H2,34,35)/t21-/m0/s1. The number of fused-ring (bicyclic) bond motifs is 1. The van der Waals surface area contributed by atoms with E-state index in [0.29, 0.717) is 91.4 Å². The molecule has 1 saturated carbocycles. The molecule has 5 heterocycles. The van der Waals surface area contributed by atoms with Crippen LogP contribution in [-0.2, 0) is 9.59 Å². The van der Waals surface area contributed by atoms with Crippen LogP contribution in [0, 0.1) is 11.7 Å². The molecule has 1 aromatic carbocycles. The summed E-state index contributed by atoms with van der Waals surface area (Å²) in [5, 5.41) is 0. The molecule has 220 valence electrons. The zero-order chi connectivity index (χ0) is 29.7. The lowest BCUT2D eigenvalue weighted by Crippen LogP contribution is -2.51. The molecule has 43 heavy (non-hydrogen) atoms. The molecular weight excluding hydrogens is 547 g/mol. The Morgan fingerprint density at radius 2 is 1.77 bits per heavy atom. The molecule has 3 fully saturated rings. The summed E-state index contributed by atoms with van der Waals surface area (Å²) in [5.74, 6) is 0.678. The van der Waals surface area contributed by atoms with Crippen molar-refractivity contribution < 1.29 is 14.0 Å². The Morgan fingerprint density at radius 3 is 2.49 bits per heavy atom. The van der Waals surface area contributed by atoms with Gasteiger partial charge in [-0.15, -0.1) is 0 Å². The number of imidazole rings is 1. The quantitative estimate of drug-likeness (QED) is 0.346. The molecule has 2 saturated heterocycles. The van der Waals surface area contributed by atoms with E-state index in [9.17, 15) is 9.59 Å². The van der Waals surface area contributed by atoms with Gasteiger partial charge in [0.25, 0.3) is 0 Å². The van der Waals surface area contributed by atoms with Crippen LogP contribution in [0.5, 0.6) is 0 Å². The van der Waals surface area contributed by atoms with Gasteiger partial charge in [0.15, 0.2) is 11.5 Å². The first-order chi connectivity index (χ1) is 20.9. The second-order valence-corrected chi connectivity index (χ2v) is 11.5. The molecule has 0 radical (unpaired) electrons. The van der Waals surface area contributed by atoms with E-state index in [1.807, 2.05) is 38.6 Å². The van der Waals surface area contributed by atoms with Crippen LogP contribution >= 0.6 is 0 Å². The number of piperazine rings is 1. The van der Waals surface area contributed by atoms with E-state index in [-0.39, 0.29) is 23.5 Å². The fraction of sp³-hybridized carbons (Fsp3) is 0.344. The fourth-order valence-corrected chi connectivity index (χ4v) is 6.22. The monoisotopic (exact) mass is 580 g/mol. The molecule has 1 atom stereocenters. The Hall–Kier alpha value is -4.80. The molecule has 3 aromatic heterocycles. The number of nitrogen functional groups attached to an aromatic ring is 1. The molecule has 0 unspecified atom stereocenters. The lowest BCUT2D eigenvalue weighted by Gasteiger charge is -2.35. The largest absolute Gasteiger partial charge is 0.383 e. The number of pyridine rings is 2. The maximum atomic E-state index is 15.9. The number of carbonyl (C=O) groups is 2. The number of nitrogens with two attached hydrogens (primary N) is 1. The van der Waals surface area contributed by atoms with E-state index in [0.717, 1.165) is 18.5 Å². The minimum Gasteiger partial charge on any atom is -0.383 e. The fourth-order valence-electron chi connectivity index (χ4n) is 6.22. The minimum absolute atomic E-state index is 0.0614. The smallest absolute Gasteiger partial charge is 0.246 e. The number of aromatic nitrogens is 4. The molecule has 0 bridgehead atoms. The predicted molar refractivity (Wildman–Crippen MR) is 162 cm³/mol. The topological polar surface area (TPSA) is 113 Å². The van der Waals surface area contributed by atoms with E-state index in [4.69, 9.17) is 15.7 Å². The van der Waals surface area contributed by atoms with Gasteiger partial charge < -0.3 is 20.4 Å². The zero-order valence-corrected chi connectivity index (χ0v) is 23.8. The minimum atomic E-state index is -0.382. The van der Waals surface area contributed by atoms with Crippen molar-refractivity contribution >= 4 is 34.5 Å². The predicted octanol–water partition coefficient (Wildman–Crippen LogP) is 3.76. The van der Waals surface area contributed by atoms with Crippen LogP contribution < -0.4 is 10.6 Å². The van der Waals surface area contributed by atoms with Gasteiger partial charge in [-0.1, -0.05) is 6.58 Å². The Balaban J connectivity index is 1.15. The number of carbonyl (C=O) groups excluding carboxylic acids is 2. The van der Waals surface area contributed by atoms with Gasteiger partial charge in [0.2, 0.25) is 11.8 Å². The maximum Gasteiger partial charge on any atom is 0.246 e. The van der Waals surface area contributed by atoms with Gasteiger partial charge in [-0.25, -0.2) is 19.3 Å². The number of halogens is 1. The summed E-state index contributed by atoms with van der Waals surface area (Å²) in [4.78, 5) is 44.7. The Kier molecular flexibility index (Phi) is 6.79. The molecule has 4 aromatic rings. The van der Waals surface area contributed by atoms with Crippen LogP contribution in [0.2, 0.25) is 0 Å². The van der Waals surface area contributed by atoms with Crippen LogP contribution in [0.25, 0.3) is 28.2 Å². The third-order valence-corrected chi connectivity index (χ3v) is 8.75. The number of amides is 2. The summed E-state index contributed by atoms with van der Waals surface area (Å²) in [6.45, 7) is 6.55. The van der Waals surface area contributed by atoms with E-state index < -0.39 is 0 Å². The summed E-state index contributed by atoms with van der Waals surface area (Å²) in [5.41, 5.74) is 10.3. The summed E-state index contributed by atoms with van der Waals surface area (Å²) in [6, 6.07) is 12.8. The summed E-state index contributed by atoms with van der Waals surface area (Å²) < 4.78 is 17.7. The molecule has 2 aliphatic heterocycles. The first kappa shape index (κ1) is 27.1. The highest BCUT2D eigenvalue weighted by molar-refractivity contribution is 5.87. The van der Waals surface area contributed by atoms with Crippen molar-refractivity contribution in [2.45, 2.75) is 25.2 Å². The number of nitrogens with zero attached hydrogens (tertiary/aromatic N) is 7. The average molecular weight is 581 g/mol. The van der Waals surface area contributed by atoms with Crippen molar-refractivity contribution in [2.24, 2.45) is 5.92 Å². The van der Waals surface area contributed by atoms with Crippen molar-refractivity contribution in [2.75, 3.05) is 49.9 Å². The van der Waals surface area contributed by atoms with Crippen LogP contribution in [0.1, 0.15) is 30.9 Å². The van der Waals surface area contributed by atoms with Crippen LogP contribution in [0.4, 0.5) is 15.9 Å². The van der Waals surface area contributed by atoms with Gasteiger partial charge >= 0.3 is 0 Å². The maximum absolute atomic E-state index is 15.9. The van der Waals surface area contributed by atoms with Crippen LogP contribution in [-0.4, -0.2) is 80.4 Å². The number of anilines is 2. The molecule has 1 aliphatic carbocycles. The third kappa shape index (κ3) is 4.98. The molecular formula is C32H33FN8O2. The Labute approximate surface area is 248 Å². The molecule has 0 spiro atoms. The molecule has 2 amide bonds. The van der Waals surface area contributed by atoms with Crippen molar-refractivity contribution in [3.8, 4) is 17.1 Å². The van der Waals surface area contributed by atoms with Crippen molar-refractivity contribution in [1.82, 2.24) is 29.3 Å². The molecule has 3 aliphatic rings. The van der Waals surface area contributed by atoms with Gasteiger partial charge in [0, 0.05) is 63.1 Å². The highest BCUT2D eigenvalue weighted by atomic mass is 19.1. The van der Waals surface area contributed by atoms with Gasteiger partial charge in [0.05, 0.1) is 22.9 Å². The van der Waals surface area contributed by atoms with Gasteiger partial charge in [0.1, 0.15) is 17.2 Å². The molecule has 11 heteroatoms. The normalized spacial score (nSPS) is 18.8. The highest BCUT2D eigenvalue weighted by Gasteiger charge is 2.34. The van der Waals surface area contributed by atoms with E-state index in [1.165, 1.54) is 12.1 Å². The third-order valence-electron chi connectivity index (χ3n) is 8.75. The lowest BCUT2D eigenvalue weighted by atomic mass is 10.1. The van der Waals surface area contributed by atoms with E-state index in [1.54, 1.807) is 23.2 Å². The number of benzene rings is 1. The second-order valence-electron chi connectivity index (χ2n) is 11.5. The first-order valence-electron chi connectivity index (χ1n) is 14.8. The van der Waals surface area contributed by atoms with Crippen molar-refractivity contribution in [3.63, 3.8) is 0 Å². The first-order valence-corrected chi connectivity index (χ1v) is 14.8. The number of hydrogen-bond donors (Lipinski definition) is 1. The lowest BCUT2D eigenvalue weighted by molar-refractivity contribution is -0.139. The summed E-state index contributed by atoms with van der Waals surface area (Å²) in [7, 11) is 0. The molecule has 7 rings (SSSR count). The van der Waals surface area contributed by atoms with Gasteiger partial charge in [-0.2, -0.15) is 0 Å². The van der Waals surface area contributed by atoms with E-state index in [2.05, 4.69) is 11.6 Å². The van der Waals surface area contributed by atoms with Crippen LogP contribution in [0.15, 0.2) is 61.3 Å². The number of hydrogen-bond acceptors (Lipinski definition) is 7. The van der Waals surface area contributed by atoms with Gasteiger partial charge in [-0.05, 0) is 61.7 Å². The zero-order valence-electron chi connectivity index (χ0n) is 23.8. The van der Waals surface area contributed by atoms with Gasteiger partial charge in [-0.3, -0.25) is 14.2 Å². The Bertz CT molecular complexity index is 1740. The molecule has 2 N–H and O–H groups in total. The highest BCUT2D eigenvalue weighted by Crippen LogP contribution is 2.40. The summed E-state index contributed by atoms with van der Waals surface area (Å²) >= 11 is 0. The Morgan fingerprint density at radius 1 is 0.977 bits per heavy atom. The van der Waals surface area contributed by atoms with E-state index >= 15 is 4.39 Å². The average Bonchev–Trinajstić information content (AvgIpc) is 3.65. The van der Waals surface area contributed by atoms with Crippen molar-refractivity contribution in [3.05, 3.63) is 72.8 Å². The number of rotatable bonds is 6. The van der Waals surface area contributed by atoms with Crippen molar-refractivity contribution in [1.29, 1.82) is 0 Å². The summed E-state index contributed by atoms with van der Waals surface area (Å²) in [6.07, 6.45) is 5.81. The second kappa shape index (κ2) is 10.8.